The first-order valence-electron chi connectivity index (χ1n) is 8.20. The lowest BCUT2D eigenvalue weighted by atomic mass is 9.89. The molecule has 0 radical (unpaired) electrons. The fourth-order valence-electron chi connectivity index (χ4n) is 3.00. The van der Waals surface area contributed by atoms with E-state index in [1.807, 2.05) is 0 Å². The minimum absolute atomic E-state index is 0.0126. The summed E-state index contributed by atoms with van der Waals surface area (Å²) in [6.45, 7) is 1.59. The number of benzene rings is 3. The molecular weight excluding hydrogens is 368 g/mol. The van der Waals surface area contributed by atoms with Crippen molar-refractivity contribution in [2.45, 2.75) is 6.92 Å². The van der Waals surface area contributed by atoms with Crippen LogP contribution in [0, 0.1) is 0 Å². The highest BCUT2D eigenvalue weighted by molar-refractivity contribution is 6.15. The standard InChI is InChI=1S/C20H16O8/c1-2-28-20(27)12-5-10-7-15(23)16(24)8-11(10)17(18(12)19(25)26)9-3-4-13(21)14(22)6-9/h3-8,21-24H,2H2,1H3,(H,25,26). The van der Waals surface area contributed by atoms with Gasteiger partial charge in [-0.25, -0.2) is 9.59 Å². The van der Waals surface area contributed by atoms with E-state index in [9.17, 15) is 35.1 Å². The summed E-state index contributed by atoms with van der Waals surface area (Å²) in [6, 6.07) is 7.25. The summed E-state index contributed by atoms with van der Waals surface area (Å²) in [5.74, 6) is -4.15. The molecule has 8 nitrogen and oxygen atoms in total. The number of carboxylic acids is 1. The lowest BCUT2D eigenvalue weighted by Crippen LogP contribution is -2.13. The van der Waals surface area contributed by atoms with Crippen molar-refractivity contribution in [1.29, 1.82) is 0 Å². The molecule has 144 valence electrons. The first-order chi connectivity index (χ1) is 13.2. The lowest BCUT2D eigenvalue weighted by molar-refractivity contribution is 0.0515. The maximum atomic E-state index is 12.4. The average molecular weight is 384 g/mol. The summed E-state index contributed by atoms with van der Waals surface area (Å²) in [6.07, 6.45) is 0. The Kier molecular flexibility index (Phi) is 4.70. The van der Waals surface area contributed by atoms with Gasteiger partial charge in [0, 0.05) is 5.56 Å². The predicted molar refractivity (Wildman–Crippen MR) is 99.0 cm³/mol. The fraction of sp³-hybridized carbons (Fsp3) is 0.100. The molecule has 0 aliphatic rings. The Bertz CT molecular complexity index is 1120. The molecule has 0 saturated carbocycles. The quantitative estimate of drug-likeness (QED) is 0.341. The minimum atomic E-state index is -1.43. The van der Waals surface area contributed by atoms with Gasteiger partial charge in [0.25, 0.3) is 0 Å². The van der Waals surface area contributed by atoms with Crippen molar-refractivity contribution in [2.75, 3.05) is 6.61 Å². The molecule has 0 fully saturated rings. The van der Waals surface area contributed by atoms with Crippen LogP contribution in [0.3, 0.4) is 0 Å². The molecule has 0 saturated heterocycles. The average Bonchev–Trinajstić information content (AvgIpc) is 2.63. The number of phenols is 4. The molecule has 3 aromatic rings. The van der Waals surface area contributed by atoms with Crippen molar-refractivity contribution in [3.05, 3.63) is 47.5 Å². The van der Waals surface area contributed by atoms with Gasteiger partial charge in [0.1, 0.15) is 0 Å². The van der Waals surface area contributed by atoms with Crippen molar-refractivity contribution < 1.29 is 39.9 Å². The van der Waals surface area contributed by atoms with E-state index in [0.717, 1.165) is 12.1 Å². The number of aromatic hydroxyl groups is 4. The van der Waals surface area contributed by atoms with Crippen LogP contribution in [0.4, 0.5) is 0 Å². The first kappa shape index (κ1) is 18.8. The highest BCUT2D eigenvalue weighted by Crippen LogP contribution is 2.41. The molecule has 28 heavy (non-hydrogen) atoms. The number of hydrogen-bond acceptors (Lipinski definition) is 7. The van der Waals surface area contributed by atoms with E-state index in [1.165, 1.54) is 24.3 Å². The number of carbonyl (C=O) groups is 2. The smallest absolute Gasteiger partial charge is 0.339 e. The molecule has 0 bridgehead atoms. The summed E-state index contributed by atoms with van der Waals surface area (Å²) in [4.78, 5) is 24.4. The summed E-state index contributed by atoms with van der Waals surface area (Å²) >= 11 is 0. The van der Waals surface area contributed by atoms with Gasteiger partial charge in [0.2, 0.25) is 0 Å². The van der Waals surface area contributed by atoms with Crippen LogP contribution in [0.1, 0.15) is 27.6 Å². The van der Waals surface area contributed by atoms with E-state index in [0.29, 0.717) is 0 Å². The summed E-state index contributed by atoms with van der Waals surface area (Å²) in [5.41, 5.74) is -0.469. The Hall–Kier alpha value is -3.94. The molecule has 0 heterocycles. The van der Waals surface area contributed by atoms with E-state index in [2.05, 4.69) is 0 Å². The normalized spacial score (nSPS) is 10.8. The predicted octanol–water partition coefficient (Wildman–Crippen LogP) is 3.20. The van der Waals surface area contributed by atoms with Gasteiger partial charge in [-0.1, -0.05) is 6.07 Å². The van der Waals surface area contributed by atoms with Gasteiger partial charge in [-0.05, 0) is 53.6 Å². The zero-order valence-corrected chi connectivity index (χ0v) is 14.6. The van der Waals surface area contributed by atoms with Crippen molar-refractivity contribution in [3.63, 3.8) is 0 Å². The Morgan fingerprint density at radius 1 is 0.893 bits per heavy atom. The number of fused-ring (bicyclic) bond motifs is 1. The Labute approximate surface area is 158 Å². The van der Waals surface area contributed by atoms with Crippen molar-refractivity contribution in [1.82, 2.24) is 0 Å². The van der Waals surface area contributed by atoms with Crippen LogP contribution in [0.25, 0.3) is 21.9 Å². The molecule has 0 aliphatic heterocycles. The summed E-state index contributed by atoms with van der Waals surface area (Å²) in [7, 11) is 0. The topological polar surface area (TPSA) is 145 Å². The van der Waals surface area contributed by atoms with Crippen LogP contribution in [0.2, 0.25) is 0 Å². The number of phenolic OH excluding ortho intramolecular Hbond substituents is 4. The van der Waals surface area contributed by atoms with Gasteiger partial charge in [-0.15, -0.1) is 0 Å². The molecule has 8 heteroatoms. The van der Waals surface area contributed by atoms with Crippen LogP contribution in [0.15, 0.2) is 36.4 Å². The van der Waals surface area contributed by atoms with E-state index in [1.54, 1.807) is 6.92 Å². The largest absolute Gasteiger partial charge is 0.504 e. The van der Waals surface area contributed by atoms with Gasteiger partial charge < -0.3 is 30.3 Å². The number of carboxylic acid groups (broad SMARTS) is 1. The van der Waals surface area contributed by atoms with Crippen LogP contribution in [-0.2, 0) is 4.74 Å². The molecule has 0 spiro atoms. The molecule has 3 rings (SSSR count). The molecule has 0 aromatic heterocycles. The van der Waals surface area contributed by atoms with Gasteiger partial charge in [0.05, 0.1) is 17.7 Å². The lowest BCUT2D eigenvalue weighted by Gasteiger charge is -2.16. The van der Waals surface area contributed by atoms with E-state index < -0.39 is 40.5 Å². The highest BCUT2D eigenvalue weighted by atomic mass is 16.5. The van der Waals surface area contributed by atoms with Crippen molar-refractivity contribution >= 4 is 22.7 Å². The zero-order chi connectivity index (χ0) is 20.6. The van der Waals surface area contributed by atoms with E-state index >= 15 is 0 Å². The summed E-state index contributed by atoms with van der Waals surface area (Å²) < 4.78 is 4.95. The van der Waals surface area contributed by atoms with E-state index in [-0.39, 0.29) is 34.1 Å². The number of rotatable bonds is 4. The molecule has 5 N–H and O–H groups in total. The Morgan fingerprint density at radius 3 is 2.14 bits per heavy atom. The monoisotopic (exact) mass is 384 g/mol. The SMILES string of the molecule is CCOC(=O)c1cc2cc(O)c(O)cc2c(-c2ccc(O)c(O)c2)c1C(=O)O. The summed E-state index contributed by atoms with van der Waals surface area (Å²) in [5, 5.41) is 49.4. The first-order valence-corrected chi connectivity index (χ1v) is 8.20. The zero-order valence-electron chi connectivity index (χ0n) is 14.6. The van der Waals surface area contributed by atoms with Crippen molar-refractivity contribution in [2.24, 2.45) is 0 Å². The number of carbonyl (C=O) groups excluding carboxylic acids is 1. The highest BCUT2D eigenvalue weighted by Gasteiger charge is 2.26. The molecule has 0 amide bonds. The second-order valence-corrected chi connectivity index (χ2v) is 5.97. The van der Waals surface area contributed by atoms with Crippen LogP contribution >= 0.6 is 0 Å². The maximum Gasteiger partial charge on any atom is 0.339 e. The van der Waals surface area contributed by atoms with Gasteiger partial charge in [-0.3, -0.25) is 0 Å². The number of hydrogen-bond donors (Lipinski definition) is 5. The van der Waals surface area contributed by atoms with Gasteiger partial charge in [0.15, 0.2) is 23.0 Å². The number of ether oxygens (including phenoxy) is 1. The van der Waals surface area contributed by atoms with E-state index in [4.69, 9.17) is 4.74 Å². The molecule has 0 aliphatic carbocycles. The Morgan fingerprint density at radius 2 is 1.54 bits per heavy atom. The third-order valence-electron chi connectivity index (χ3n) is 4.21. The number of esters is 1. The molecule has 3 aromatic carbocycles. The van der Waals surface area contributed by atoms with Crippen molar-refractivity contribution in [3.8, 4) is 34.1 Å². The Balaban J connectivity index is 2.51. The minimum Gasteiger partial charge on any atom is -0.504 e. The molecule has 0 atom stereocenters. The third-order valence-corrected chi connectivity index (χ3v) is 4.21. The second-order valence-electron chi connectivity index (χ2n) is 5.97. The number of aromatic carboxylic acids is 1. The third kappa shape index (κ3) is 3.11. The van der Waals surface area contributed by atoms with Crippen LogP contribution in [-0.4, -0.2) is 44.1 Å². The second kappa shape index (κ2) is 6.99. The van der Waals surface area contributed by atoms with Crippen LogP contribution < -0.4 is 0 Å². The van der Waals surface area contributed by atoms with Gasteiger partial charge >= 0.3 is 11.9 Å². The fourth-order valence-corrected chi connectivity index (χ4v) is 3.00. The molecule has 0 unspecified atom stereocenters. The molecular formula is C20H16O8. The maximum absolute atomic E-state index is 12.4. The van der Waals surface area contributed by atoms with Crippen LogP contribution in [0.5, 0.6) is 23.0 Å². The van der Waals surface area contributed by atoms with Gasteiger partial charge in [-0.2, -0.15) is 0 Å².